The van der Waals surface area contributed by atoms with Gasteiger partial charge >= 0.3 is 0 Å². The van der Waals surface area contributed by atoms with Crippen molar-refractivity contribution >= 4 is 0 Å². The van der Waals surface area contributed by atoms with Crippen LogP contribution in [0.1, 0.15) is 122 Å². The van der Waals surface area contributed by atoms with Gasteiger partial charge in [0.1, 0.15) is 0 Å². The third-order valence-corrected chi connectivity index (χ3v) is 30.2. The van der Waals surface area contributed by atoms with Crippen molar-refractivity contribution in [3.8, 4) is 0 Å². The van der Waals surface area contributed by atoms with Gasteiger partial charge in [0.15, 0.2) is 0 Å². The van der Waals surface area contributed by atoms with Gasteiger partial charge < -0.3 is 155 Å². The summed E-state index contributed by atoms with van der Waals surface area (Å²) in [6, 6.07) is 0. The second kappa shape index (κ2) is 100. The summed E-state index contributed by atoms with van der Waals surface area (Å²) in [7, 11) is 35.3. The zero-order valence-electron chi connectivity index (χ0n) is 98.9. The van der Waals surface area contributed by atoms with Crippen LogP contribution in [0.2, 0.25) is 0 Å². The Balaban J connectivity index is 0.000000422. The maximum atomic E-state index is 5.60. The average molecular weight is 2090 g/mol. The molecule has 11 saturated heterocycles. The molecule has 11 aliphatic rings. The molecule has 0 aromatic carbocycles. The molecule has 35 heteroatoms. The third-order valence-electron chi connectivity index (χ3n) is 30.2. The standard InChI is InChI=1S/C14H30N4.C13H28N4.C13H28N2O.5C12H26N2O2.C11H24N2O2/c1-15-7-11-17(12-8-15)5-3-4-6-18-13-9-16(2)10-14-18;1-14-6-10-16(11-7-14)4-3-5-17-12-8-15(2)9-13-17;1-14-9-11-15(12-10-14)8-6-4-3-5-7-13-16-2;1-13-6-8-14(9-7-13)5-3-11-16-12-4-10-15-2;1-15-11-3-5-13-7-9-14(10-8-13)6-4-12-16-2;1-13-5-7-14(8-6-13)9-12-16-11-4-3-10-15-2;1-15-11-4-3-5-13-6-8-14(9-7-13)10-12-16-2;1-13-6-8-14(9-7-13)5-3-4-10-16-12-11-15-2;1-14-10-3-4-12-5-7-13(8-6-12)9-11-15-2/h3-14H2,1-2H3;3-13H2,1-2H3;3-13H2,1-2H3;5*3-12H2,1-2H3;3-11H2,1-2H3. The number of unbranched alkanes of at least 4 members (excludes halogenated alkanes) is 8. The Bertz CT molecular complexity index is 2400. The van der Waals surface area contributed by atoms with Gasteiger partial charge in [-0.15, -0.1) is 0 Å². The Morgan fingerprint density at radius 3 is 0.507 bits per heavy atom. The van der Waals surface area contributed by atoms with E-state index in [1.807, 2.05) is 0 Å². The Morgan fingerprint density at radius 2 is 0.240 bits per heavy atom. The van der Waals surface area contributed by atoms with Crippen molar-refractivity contribution in [2.45, 2.75) is 122 Å². The maximum Gasteiger partial charge on any atom is 0.0700 e. The van der Waals surface area contributed by atoms with E-state index in [1.54, 1.807) is 71.1 Å². The van der Waals surface area contributed by atoms with Crippen LogP contribution >= 0.6 is 0 Å². The molecular weight excluding hydrogens is 1850 g/mol. The zero-order chi connectivity index (χ0) is 106. The number of piperazine rings is 11. The maximum absolute atomic E-state index is 5.60. The van der Waals surface area contributed by atoms with Crippen molar-refractivity contribution in [2.75, 3.05) is 613 Å². The monoisotopic (exact) mass is 2090 g/mol. The molecule has 0 aromatic heterocycles. The van der Waals surface area contributed by atoms with Crippen molar-refractivity contribution in [3.63, 3.8) is 0 Å². The summed E-state index contributed by atoms with van der Waals surface area (Å²) in [5, 5.41) is 0. The Labute approximate surface area is 899 Å². The first-order valence-corrected chi connectivity index (χ1v) is 58.6. The number of nitrogens with zero attached hydrogens (tertiary/aromatic N) is 22. The van der Waals surface area contributed by atoms with Crippen LogP contribution in [-0.4, -0.2) is 721 Å². The Morgan fingerprint density at radius 1 is 0.103 bits per heavy atom. The fraction of sp³-hybridized carbons (Fsp3) is 1.00. The quantitative estimate of drug-likeness (QED) is 0.0680. The van der Waals surface area contributed by atoms with Crippen molar-refractivity contribution < 1.29 is 61.6 Å². The molecule has 11 rings (SSSR count). The topological polar surface area (TPSA) is 191 Å². The molecule has 11 fully saturated rings. The number of ether oxygens (including phenoxy) is 13. The fourth-order valence-corrected chi connectivity index (χ4v) is 19.2. The molecule has 0 bridgehead atoms. The van der Waals surface area contributed by atoms with Gasteiger partial charge in [-0.25, -0.2) is 0 Å². The SMILES string of the molecule is CN1CCN(CCCCN2CCN(C)CC2)CC1.CN1CCN(CCCN2CCN(C)CC2)CC1.COCCCCCCCN1CCN(C)CC1.COCCCCN1CCN(CCOC)CC1.COCCCCOCCN1CCN(C)CC1.COCCCN1CCN(CCCOC)CC1.COCCCN1CCN(CCOC)CC1.COCCCOCCCN1CCN(C)CC1.COCCOCCCCN1CCN(C)CC1. The van der Waals surface area contributed by atoms with Gasteiger partial charge in [0, 0.05) is 478 Å². The van der Waals surface area contributed by atoms with Gasteiger partial charge in [0.2, 0.25) is 0 Å². The van der Waals surface area contributed by atoms with Gasteiger partial charge in [-0.3, -0.25) is 14.7 Å². The number of hydrogen-bond acceptors (Lipinski definition) is 35. The lowest BCUT2D eigenvalue weighted by Gasteiger charge is -2.34. The van der Waals surface area contributed by atoms with Gasteiger partial charge in [-0.2, -0.15) is 0 Å². The number of methoxy groups -OCH3 is 10. The van der Waals surface area contributed by atoms with E-state index in [4.69, 9.17) is 61.6 Å². The number of hydrogen-bond donors (Lipinski definition) is 0. The second-order valence-electron chi connectivity index (χ2n) is 42.7. The first-order valence-electron chi connectivity index (χ1n) is 58.6. The largest absolute Gasteiger partial charge is 0.385 e. The zero-order valence-corrected chi connectivity index (χ0v) is 98.9. The van der Waals surface area contributed by atoms with Crippen molar-refractivity contribution in [1.82, 2.24) is 108 Å². The summed E-state index contributed by atoms with van der Waals surface area (Å²) in [6.45, 7) is 84.4. The minimum atomic E-state index is 0.707. The molecule has 146 heavy (non-hydrogen) atoms. The number of rotatable bonds is 64. The molecule has 0 N–H and O–H groups in total. The predicted octanol–water partition coefficient (Wildman–Crippen LogP) is 5.64. The van der Waals surface area contributed by atoms with Crippen LogP contribution in [0.4, 0.5) is 0 Å². The van der Waals surface area contributed by atoms with Crippen molar-refractivity contribution in [2.24, 2.45) is 0 Å². The Kier molecular flexibility index (Phi) is 95.3. The summed E-state index contributed by atoms with van der Waals surface area (Å²) in [4.78, 5) is 55.0. The molecule has 0 aliphatic carbocycles. The highest BCUT2D eigenvalue weighted by Crippen LogP contribution is 2.14. The van der Waals surface area contributed by atoms with E-state index in [0.29, 0.717) is 6.61 Å². The van der Waals surface area contributed by atoms with Crippen LogP contribution < -0.4 is 0 Å². The molecule has 0 aromatic rings. The van der Waals surface area contributed by atoms with E-state index in [2.05, 4.69) is 164 Å². The molecule has 0 unspecified atom stereocenters. The van der Waals surface area contributed by atoms with Gasteiger partial charge in [-0.05, 0) is 205 Å². The lowest BCUT2D eigenvalue weighted by Crippen LogP contribution is -2.47. The van der Waals surface area contributed by atoms with E-state index in [9.17, 15) is 0 Å². The Hall–Kier alpha value is -1.40. The molecular formula is C111H240N22O13. The van der Waals surface area contributed by atoms with Crippen LogP contribution in [-0.2, 0) is 61.6 Å². The summed E-state index contributed by atoms with van der Waals surface area (Å²) < 4.78 is 66.9. The first-order chi connectivity index (χ1) is 71.4. The van der Waals surface area contributed by atoms with Crippen LogP contribution in [0.15, 0.2) is 0 Å². The van der Waals surface area contributed by atoms with Crippen LogP contribution in [0.3, 0.4) is 0 Å². The van der Waals surface area contributed by atoms with Crippen LogP contribution in [0, 0.1) is 0 Å². The smallest absolute Gasteiger partial charge is 0.0700 e. The summed E-state index contributed by atoms with van der Waals surface area (Å²) in [5.41, 5.74) is 0. The van der Waals surface area contributed by atoms with Crippen LogP contribution in [0.5, 0.6) is 0 Å². The second-order valence-corrected chi connectivity index (χ2v) is 42.7. The normalized spacial score (nSPS) is 20.8. The minimum Gasteiger partial charge on any atom is -0.385 e. The predicted molar refractivity (Wildman–Crippen MR) is 609 cm³/mol. The lowest BCUT2D eigenvalue weighted by molar-refractivity contribution is 0.0666. The molecule has 0 atom stereocenters. The van der Waals surface area contributed by atoms with Crippen molar-refractivity contribution in [1.29, 1.82) is 0 Å². The average Bonchev–Trinajstić information content (AvgIpc) is 0.918. The van der Waals surface area contributed by atoms with E-state index in [1.165, 1.54) is 431 Å². The minimum absolute atomic E-state index is 0.707. The molecule has 11 heterocycles. The van der Waals surface area contributed by atoms with E-state index in [-0.39, 0.29) is 0 Å². The highest BCUT2D eigenvalue weighted by molar-refractivity contribution is 4.80. The van der Waals surface area contributed by atoms with E-state index in [0.717, 1.165) is 170 Å². The van der Waals surface area contributed by atoms with Crippen LogP contribution in [0.25, 0.3) is 0 Å². The van der Waals surface area contributed by atoms with Gasteiger partial charge in [0.25, 0.3) is 0 Å². The molecule has 0 radical (unpaired) electrons. The molecule has 0 amide bonds. The first kappa shape index (κ1) is 139. The molecule has 872 valence electrons. The summed E-state index contributed by atoms with van der Waals surface area (Å²) >= 11 is 0. The lowest BCUT2D eigenvalue weighted by atomic mass is 10.1. The van der Waals surface area contributed by atoms with Crippen molar-refractivity contribution in [3.05, 3.63) is 0 Å². The highest BCUT2D eigenvalue weighted by Gasteiger charge is 2.24. The number of likely N-dealkylation sites (N-methyl/N-ethyl adjacent to an activating group) is 8. The molecule has 0 spiro atoms. The highest BCUT2D eigenvalue weighted by atomic mass is 16.5. The summed E-state index contributed by atoms with van der Waals surface area (Å²) in [6.07, 6.45) is 23.4. The molecule has 35 nitrogen and oxygen atoms in total. The van der Waals surface area contributed by atoms with E-state index < -0.39 is 0 Å². The van der Waals surface area contributed by atoms with E-state index >= 15 is 0 Å². The molecule has 11 aliphatic heterocycles. The fourth-order valence-electron chi connectivity index (χ4n) is 19.2. The van der Waals surface area contributed by atoms with Gasteiger partial charge in [0.05, 0.1) is 33.0 Å². The summed E-state index contributed by atoms with van der Waals surface area (Å²) in [5.74, 6) is 0. The molecule has 0 saturated carbocycles. The van der Waals surface area contributed by atoms with Gasteiger partial charge in [-0.1, -0.05) is 19.3 Å². The third kappa shape index (κ3) is 82.1.